The largest absolute Gasteiger partial charge is 0.416 e. The normalized spacial score (nSPS) is 20.9. The number of alkyl halides is 3. The third-order valence-corrected chi connectivity index (χ3v) is 4.26. The van der Waals surface area contributed by atoms with Gasteiger partial charge in [0, 0.05) is 22.7 Å². The van der Waals surface area contributed by atoms with Gasteiger partial charge in [0.15, 0.2) is 0 Å². The molecule has 0 bridgehead atoms. The minimum Gasteiger partial charge on any atom is -0.380 e. The van der Waals surface area contributed by atoms with Crippen molar-refractivity contribution < 1.29 is 13.2 Å². The minimum atomic E-state index is -4.30. The molecule has 1 aromatic rings. The zero-order valence-corrected chi connectivity index (χ0v) is 12.9. The molecule has 0 radical (unpaired) electrons. The molecule has 0 spiro atoms. The lowest BCUT2D eigenvalue weighted by molar-refractivity contribution is -0.137. The summed E-state index contributed by atoms with van der Waals surface area (Å²) in [6, 6.07) is 4.03. The second-order valence-corrected chi connectivity index (χ2v) is 5.92. The SMILES string of the molecule is CCN1CCCC(Nc2ccc(C(F)(F)F)cc2Br)C1. The number of likely N-dealkylation sites (N-methyl/N-ethyl adjacent to an activating group) is 1. The van der Waals surface area contributed by atoms with Crippen molar-refractivity contribution in [1.82, 2.24) is 4.90 Å². The van der Waals surface area contributed by atoms with Gasteiger partial charge in [-0.25, -0.2) is 0 Å². The molecule has 2 nitrogen and oxygen atoms in total. The summed E-state index contributed by atoms with van der Waals surface area (Å²) in [5.74, 6) is 0. The van der Waals surface area contributed by atoms with Gasteiger partial charge in [0.25, 0.3) is 0 Å². The molecule has 1 atom stereocenters. The molecular weight excluding hydrogens is 333 g/mol. The van der Waals surface area contributed by atoms with E-state index in [-0.39, 0.29) is 6.04 Å². The summed E-state index contributed by atoms with van der Waals surface area (Å²) in [6.07, 6.45) is -2.14. The van der Waals surface area contributed by atoms with Gasteiger partial charge in [0.2, 0.25) is 0 Å². The fraction of sp³-hybridized carbons (Fsp3) is 0.571. The molecule has 1 aliphatic heterocycles. The van der Waals surface area contributed by atoms with Crippen LogP contribution in [0, 0.1) is 0 Å². The first-order valence-corrected chi connectivity index (χ1v) is 7.55. The van der Waals surface area contributed by atoms with Crippen molar-refractivity contribution in [2.24, 2.45) is 0 Å². The second kappa shape index (κ2) is 6.35. The number of piperidine rings is 1. The Morgan fingerprint density at radius 1 is 1.40 bits per heavy atom. The predicted molar refractivity (Wildman–Crippen MR) is 77.9 cm³/mol. The fourth-order valence-electron chi connectivity index (χ4n) is 2.49. The lowest BCUT2D eigenvalue weighted by Crippen LogP contribution is -2.41. The molecule has 1 heterocycles. The van der Waals surface area contributed by atoms with Crippen LogP contribution in [0.25, 0.3) is 0 Å². The summed E-state index contributed by atoms with van der Waals surface area (Å²) < 4.78 is 38.3. The van der Waals surface area contributed by atoms with E-state index >= 15 is 0 Å². The first-order valence-electron chi connectivity index (χ1n) is 6.75. The number of hydrogen-bond acceptors (Lipinski definition) is 2. The van der Waals surface area contributed by atoms with E-state index in [2.05, 4.69) is 33.1 Å². The van der Waals surface area contributed by atoms with Gasteiger partial charge in [-0.1, -0.05) is 6.92 Å². The van der Waals surface area contributed by atoms with Gasteiger partial charge in [-0.3, -0.25) is 0 Å². The van der Waals surface area contributed by atoms with Crippen LogP contribution in [-0.2, 0) is 6.18 Å². The molecular formula is C14H18BrF3N2. The summed E-state index contributed by atoms with van der Waals surface area (Å²) in [7, 11) is 0. The Hall–Kier alpha value is -0.750. The minimum absolute atomic E-state index is 0.289. The van der Waals surface area contributed by atoms with Crippen molar-refractivity contribution in [2.75, 3.05) is 25.0 Å². The molecule has 1 aliphatic rings. The van der Waals surface area contributed by atoms with E-state index in [0.717, 1.165) is 50.3 Å². The third kappa shape index (κ3) is 3.88. The Labute approximate surface area is 125 Å². The summed E-state index contributed by atoms with van der Waals surface area (Å²) >= 11 is 3.22. The number of hydrogen-bond donors (Lipinski definition) is 1. The molecule has 0 aromatic heterocycles. The Kier molecular flexibility index (Phi) is 4.96. The summed E-state index contributed by atoms with van der Waals surface area (Å²) in [6.45, 7) is 5.16. The predicted octanol–water partition coefficient (Wildman–Crippen LogP) is 4.36. The number of benzene rings is 1. The average molecular weight is 351 g/mol. The van der Waals surface area contributed by atoms with Crippen LogP contribution < -0.4 is 5.32 Å². The zero-order valence-electron chi connectivity index (χ0n) is 11.3. The number of likely N-dealkylation sites (tertiary alicyclic amines) is 1. The number of halogens is 4. The number of nitrogens with one attached hydrogen (secondary N) is 1. The smallest absolute Gasteiger partial charge is 0.380 e. The van der Waals surface area contributed by atoms with Crippen LogP contribution in [0.5, 0.6) is 0 Å². The van der Waals surface area contributed by atoms with Crippen LogP contribution in [0.15, 0.2) is 22.7 Å². The molecule has 20 heavy (non-hydrogen) atoms. The molecule has 0 aliphatic carbocycles. The number of nitrogens with zero attached hydrogens (tertiary/aromatic N) is 1. The van der Waals surface area contributed by atoms with E-state index < -0.39 is 11.7 Å². The van der Waals surface area contributed by atoms with Gasteiger partial charge >= 0.3 is 6.18 Å². The molecule has 0 saturated carbocycles. The highest BCUT2D eigenvalue weighted by Gasteiger charge is 2.31. The van der Waals surface area contributed by atoms with Gasteiger partial charge in [-0.2, -0.15) is 13.2 Å². The number of anilines is 1. The highest BCUT2D eigenvalue weighted by atomic mass is 79.9. The van der Waals surface area contributed by atoms with Crippen molar-refractivity contribution in [3.05, 3.63) is 28.2 Å². The maximum Gasteiger partial charge on any atom is 0.416 e. The standard InChI is InChI=1S/C14H18BrF3N2/c1-2-20-7-3-4-11(9-20)19-13-6-5-10(8-12(13)15)14(16,17)18/h5-6,8,11,19H,2-4,7,9H2,1H3. The van der Waals surface area contributed by atoms with Crippen molar-refractivity contribution in [3.63, 3.8) is 0 Å². The topological polar surface area (TPSA) is 15.3 Å². The Morgan fingerprint density at radius 2 is 2.15 bits per heavy atom. The third-order valence-electron chi connectivity index (χ3n) is 3.61. The van der Waals surface area contributed by atoms with Crippen LogP contribution in [0.4, 0.5) is 18.9 Å². The Morgan fingerprint density at radius 3 is 2.75 bits per heavy atom. The summed E-state index contributed by atoms with van der Waals surface area (Å²) in [5.41, 5.74) is 0.0923. The Bertz CT molecular complexity index is 462. The van der Waals surface area contributed by atoms with E-state index in [1.807, 2.05) is 0 Å². The first-order chi connectivity index (χ1) is 9.40. The fourth-order valence-corrected chi connectivity index (χ4v) is 2.98. The van der Waals surface area contributed by atoms with Gasteiger partial charge in [-0.05, 0) is 60.1 Å². The Balaban J connectivity index is 2.06. The molecule has 1 fully saturated rings. The maximum absolute atomic E-state index is 12.6. The van der Waals surface area contributed by atoms with E-state index in [4.69, 9.17) is 0 Å². The van der Waals surface area contributed by atoms with Crippen molar-refractivity contribution >= 4 is 21.6 Å². The van der Waals surface area contributed by atoms with Crippen LogP contribution in [0.3, 0.4) is 0 Å². The molecule has 2 rings (SSSR count). The van der Waals surface area contributed by atoms with Gasteiger partial charge in [0.05, 0.1) is 5.56 Å². The summed E-state index contributed by atoms with van der Waals surface area (Å²) in [4.78, 5) is 2.35. The molecule has 112 valence electrons. The monoisotopic (exact) mass is 350 g/mol. The highest BCUT2D eigenvalue weighted by Crippen LogP contribution is 2.34. The van der Waals surface area contributed by atoms with E-state index in [1.54, 1.807) is 0 Å². The molecule has 6 heteroatoms. The van der Waals surface area contributed by atoms with Gasteiger partial charge in [0.1, 0.15) is 0 Å². The molecule has 0 amide bonds. The second-order valence-electron chi connectivity index (χ2n) is 5.07. The van der Waals surface area contributed by atoms with Crippen molar-refractivity contribution in [1.29, 1.82) is 0 Å². The van der Waals surface area contributed by atoms with Crippen LogP contribution >= 0.6 is 15.9 Å². The van der Waals surface area contributed by atoms with E-state index in [1.165, 1.54) is 6.07 Å². The maximum atomic E-state index is 12.6. The number of rotatable bonds is 3. The highest BCUT2D eigenvalue weighted by molar-refractivity contribution is 9.10. The van der Waals surface area contributed by atoms with Crippen molar-refractivity contribution in [3.8, 4) is 0 Å². The molecule has 1 N–H and O–H groups in total. The van der Waals surface area contributed by atoms with Crippen molar-refractivity contribution in [2.45, 2.75) is 32.0 Å². The summed E-state index contributed by atoms with van der Waals surface area (Å²) in [5, 5.41) is 3.34. The molecule has 1 saturated heterocycles. The van der Waals surface area contributed by atoms with Crippen LogP contribution in [-0.4, -0.2) is 30.6 Å². The van der Waals surface area contributed by atoms with Crippen LogP contribution in [0.2, 0.25) is 0 Å². The van der Waals surface area contributed by atoms with E-state index in [9.17, 15) is 13.2 Å². The molecule has 1 aromatic carbocycles. The van der Waals surface area contributed by atoms with Crippen LogP contribution in [0.1, 0.15) is 25.3 Å². The quantitative estimate of drug-likeness (QED) is 0.870. The lowest BCUT2D eigenvalue weighted by atomic mass is 10.1. The average Bonchev–Trinajstić information content (AvgIpc) is 2.40. The first kappa shape index (κ1) is 15.6. The zero-order chi connectivity index (χ0) is 14.8. The van der Waals surface area contributed by atoms with Gasteiger partial charge < -0.3 is 10.2 Å². The lowest BCUT2D eigenvalue weighted by Gasteiger charge is -2.33. The molecule has 1 unspecified atom stereocenters. The van der Waals surface area contributed by atoms with E-state index in [0.29, 0.717) is 4.47 Å². The van der Waals surface area contributed by atoms with Gasteiger partial charge in [-0.15, -0.1) is 0 Å².